The van der Waals surface area contributed by atoms with Crippen LogP contribution in [0.25, 0.3) is 0 Å². The van der Waals surface area contributed by atoms with E-state index in [2.05, 4.69) is 12.2 Å². The zero-order valence-electron chi connectivity index (χ0n) is 8.39. The summed E-state index contributed by atoms with van der Waals surface area (Å²) >= 11 is 0. The van der Waals surface area contributed by atoms with Crippen LogP contribution in [0.4, 0.5) is 0 Å². The van der Waals surface area contributed by atoms with E-state index in [4.69, 9.17) is 5.84 Å². The monoisotopic (exact) mass is 169 g/mol. The quantitative estimate of drug-likeness (QED) is 0.495. The Morgan fingerprint density at radius 1 is 1.58 bits per heavy atom. The Kier molecular flexibility index (Phi) is 5.21. The summed E-state index contributed by atoms with van der Waals surface area (Å²) in [6, 6.07) is 0. The number of nitrogens with two attached hydrogens (primary N) is 1. The summed E-state index contributed by atoms with van der Waals surface area (Å²) in [6.45, 7) is 6.02. The van der Waals surface area contributed by atoms with Gasteiger partial charge in [0.1, 0.15) is 0 Å². The molecule has 70 valence electrons. The third kappa shape index (κ3) is 3.44. The van der Waals surface area contributed by atoms with Gasteiger partial charge in [0.25, 0.3) is 0 Å². The van der Waals surface area contributed by atoms with E-state index < -0.39 is 0 Å². The Balaban J connectivity index is 4.30. The van der Waals surface area contributed by atoms with Gasteiger partial charge in [-0.15, -0.1) is 0 Å². The third-order valence-corrected chi connectivity index (χ3v) is 1.82. The molecule has 0 aromatic carbocycles. The van der Waals surface area contributed by atoms with Crippen molar-refractivity contribution in [3.8, 4) is 0 Å². The summed E-state index contributed by atoms with van der Waals surface area (Å²) < 4.78 is 0. The summed E-state index contributed by atoms with van der Waals surface area (Å²) in [7, 11) is 1.90. The maximum Gasteiger partial charge on any atom is 0.0398 e. The number of allylic oxidation sites excluding steroid dienone is 3. The molecule has 0 aromatic heterocycles. The van der Waals surface area contributed by atoms with Crippen molar-refractivity contribution in [2.24, 2.45) is 5.84 Å². The Labute approximate surface area is 74.9 Å². The van der Waals surface area contributed by atoms with Gasteiger partial charge in [0.05, 0.1) is 0 Å². The smallest absolute Gasteiger partial charge is 0.0398 e. The summed E-state index contributed by atoms with van der Waals surface area (Å²) in [5.74, 6) is 5.73. The van der Waals surface area contributed by atoms with Crippen LogP contribution < -0.4 is 11.2 Å². The number of nitrogens with one attached hydrogen (secondary N) is 1. The molecule has 0 heterocycles. The standard InChI is InChI=1S/C9H19N3/c1-5-8(3)12(10)7-9(6-2)11-4/h5,7,11H,6,10H2,1-4H3/b8-5+,9-7+. The van der Waals surface area contributed by atoms with Crippen LogP contribution in [0.3, 0.4) is 0 Å². The van der Waals surface area contributed by atoms with E-state index in [-0.39, 0.29) is 0 Å². The fourth-order valence-corrected chi connectivity index (χ4v) is 0.751. The van der Waals surface area contributed by atoms with Crippen molar-refractivity contribution in [3.05, 3.63) is 23.7 Å². The second-order valence-corrected chi connectivity index (χ2v) is 2.60. The second kappa shape index (κ2) is 5.66. The lowest BCUT2D eigenvalue weighted by Crippen LogP contribution is -2.25. The largest absolute Gasteiger partial charge is 0.390 e. The average molecular weight is 169 g/mol. The molecule has 0 aliphatic heterocycles. The number of hydrogen-bond acceptors (Lipinski definition) is 3. The molecule has 0 aliphatic rings. The van der Waals surface area contributed by atoms with Gasteiger partial charge in [0, 0.05) is 24.6 Å². The molecule has 0 saturated carbocycles. The van der Waals surface area contributed by atoms with Crippen molar-refractivity contribution in [1.82, 2.24) is 10.3 Å². The molecule has 0 amide bonds. The molecular weight excluding hydrogens is 150 g/mol. The van der Waals surface area contributed by atoms with Crippen LogP contribution >= 0.6 is 0 Å². The van der Waals surface area contributed by atoms with Crippen LogP contribution in [-0.4, -0.2) is 12.1 Å². The Morgan fingerprint density at radius 3 is 2.50 bits per heavy atom. The van der Waals surface area contributed by atoms with Gasteiger partial charge in [-0.3, -0.25) is 5.01 Å². The van der Waals surface area contributed by atoms with Crippen LogP contribution in [0, 0.1) is 0 Å². The number of hydrogen-bond donors (Lipinski definition) is 2. The first-order chi connectivity index (χ1) is 5.65. The zero-order valence-corrected chi connectivity index (χ0v) is 8.39. The molecule has 3 nitrogen and oxygen atoms in total. The number of hydrazine groups is 1. The van der Waals surface area contributed by atoms with Crippen molar-refractivity contribution in [2.75, 3.05) is 7.05 Å². The zero-order chi connectivity index (χ0) is 9.56. The highest BCUT2D eigenvalue weighted by Crippen LogP contribution is 2.01. The van der Waals surface area contributed by atoms with E-state index in [0.717, 1.165) is 17.8 Å². The van der Waals surface area contributed by atoms with Crippen molar-refractivity contribution in [3.63, 3.8) is 0 Å². The molecule has 0 radical (unpaired) electrons. The van der Waals surface area contributed by atoms with E-state index in [0.29, 0.717) is 0 Å². The number of nitrogens with zero attached hydrogens (tertiary/aromatic N) is 1. The lowest BCUT2D eigenvalue weighted by molar-refractivity contribution is 0.482. The average Bonchev–Trinajstić information content (AvgIpc) is 2.12. The molecule has 0 fully saturated rings. The van der Waals surface area contributed by atoms with Gasteiger partial charge in [-0.2, -0.15) is 0 Å². The van der Waals surface area contributed by atoms with Crippen LogP contribution in [0.1, 0.15) is 27.2 Å². The second-order valence-electron chi connectivity index (χ2n) is 2.60. The highest BCUT2D eigenvalue weighted by Gasteiger charge is 1.95. The summed E-state index contributed by atoms with van der Waals surface area (Å²) in [4.78, 5) is 0. The lowest BCUT2D eigenvalue weighted by atomic mass is 10.3. The molecule has 0 saturated heterocycles. The molecule has 12 heavy (non-hydrogen) atoms. The molecule has 0 unspecified atom stereocenters. The summed E-state index contributed by atoms with van der Waals surface area (Å²) in [6.07, 6.45) is 4.83. The van der Waals surface area contributed by atoms with E-state index in [9.17, 15) is 0 Å². The topological polar surface area (TPSA) is 41.3 Å². The Bertz CT molecular complexity index is 176. The van der Waals surface area contributed by atoms with Crippen LogP contribution in [0.2, 0.25) is 0 Å². The Morgan fingerprint density at radius 2 is 2.17 bits per heavy atom. The molecule has 0 spiro atoms. The molecule has 0 atom stereocenters. The predicted molar refractivity (Wildman–Crippen MR) is 52.9 cm³/mol. The Hall–Kier alpha value is -0.960. The third-order valence-electron chi connectivity index (χ3n) is 1.82. The van der Waals surface area contributed by atoms with Crippen molar-refractivity contribution < 1.29 is 0 Å². The summed E-state index contributed by atoms with van der Waals surface area (Å²) in [5.41, 5.74) is 2.16. The van der Waals surface area contributed by atoms with E-state index in [1.54, 1.807) is 5.01 Å². The normalized spacial score (nSPS) is 13.1. The van der Waals surface area contributed by atoms with Gasteiger partial charge in [-0.1, -0.05) is 13.0 Å². The molecule has 0 bridgehead atoms. The molecule has 0 rings (SSSR count). The number of rotatable bonds is 4. The molecular formula is C9H19N3. The summed E-state index contributed by atoms with van der Waals surface area (Å²) in [5, 5.41) is 4.69. The van der Waals surface area contributed by atoms with E-state index >= 15 is 0 Å². The van der Waals surface area contributed by atoms with Crippen molar-refractivity contribution >= 4 is 0 Å². The van der Waals surface area contributed by atoms with Crippen molar-refractivity contribution in [2.45, 2.75) is 27.2 Å². The predicted octanol–water partition coefficient (Wildman–Crippen LogP) is 1.56. The van der Waals surface area contributed by atoms with Crippen LogP contribution in [0.15, 0.2) is 23.7 Å². The first kappa shape index (κ1) is 11.0. The van der Waals surface area contributed by atoms with Crippen molar-refractivity contribution in [1.29, 1.82) is 0 Å². The minimum Gasteiger partial charge on any atom is -0.390 e. The highest BCUT2D eigenvalue weighted by molar-refractivity contribution is 5.04. The highest BCUT2D eigenvalue weighted by atomic mass is 15.4. The lowest BCUT2D eigenvalue weighted by Gasteiger charge is -2.16. The van der Waals surface area contributed by atoms with Crippen LogP contribution in [-0.2, 0) is 0 Å². The maximum atomic E-state index is 5.73. The van der Waals surface area contributed by atoms with Gasteiger partial charge >= 0.3 is 0 Å². The molecule has 0 aliphatic carbocycles. The molecule has 3 N–H and O–H groups in total. The fourth-order valence-electron chi connectivity index (χ4n) is 0.751. The van der Waals surface area contributed by atoms with Gasteiger partial charge in [0.2, 0.25) is 0 Å². The van der Waals surface area contributed by atoms with E-state index in [1.807, 2.05) is 33.2 Å². The van der Waals surface area contributed by atoms with E-state index in [1.165, 1.54) is 0 Å². The van der Waals surface area contributed by atoms with Gasteiger partial charge in [-0.05, 0) is 20.3 Å². The van der Waals surface area contributed by atoms with Gasteiger partial charge < -0.3 is 5.32 Å². The molecule has 0 aromatic rings. The minimum atomic E-state index is 0.960. The first-order valence-electron chi connectivity index (χ1n) is 4.21. The van der Waals surface area contributed by atoms with Gasteiger partial charge in [-0.25, -0.2) is 5.84 Å². The van der Waals surface area contributed by atoms with Crippen LogP contribution in [0.5, 0.6) is 0 Å². The van der Waals surface area contributed by atoms with Gasteiger partial charge in [0.15, 0.2) is 0 Å². The molecule has 3 heteroatoms. The fraction of sp³-hybridized carbons (Fsp3) is 0.556. The first-order valence-corrected chi connectivity index (χ1v) is 4.21. The minimum absolute atomic E-state index is 0.960. The maximum absolute atomic E-state index is 5.73. The SMILES string of the molecule is C/C=C(\C)N(N)/C=C(\CC)NC.